The van der Waals surface area contributed by atoms with Crippen molar-refractivity contribution >= 4 is 16.8 Å². The predicted octanol–water partition coefficient (Wildman–Crippen LogP) is 2.89. The van der Waals surface area contributed by atoms with Gasteiger partial charge in [0.2, 0.25) is 5.89 Å². The van der Waals surface area contributed by atoms with Crippen LogP contribution in [0.15, 0.2) is 22.6 Å². The highest BCUT2D eigenvalue weighted by atomic mass is 16.3. The van der Waals surface area contributed by atoms with Gasteiger partial charge >= 0.3 is 0 Å². The van der Waals surface area contributed by atoms with Gasteiger partial charge < -0.3 is 10.2 Å². The number of oxazole rings is 1. The van der Waals surface area contributed by atoms with Crippen molar-refractivity contribution in [1.29, 1.82) is 0 Å². The summed E-state index contributed by atoms with van der Waals surface area (Å²) >= 11 is 0. The Kier molecular flexibility index (Phi) is 3.30. The van der Waals surface area contributed by atoms with Crippen LogP contribution in [0, 0.1) is 5.41 Å². The van der Waals surface area contributed by atoms with Crippen LogP contribution < -0.4 is 5.73 Å². The van der Waals surface area contributed by atoms with E-state index in [4.69, 9.17) is 10.2 Å². The third-order valence-corrected chi connectivity index (χ3v) is 2.64. The van der Waals surface area contributed by atoms with Crippen molar-refractivity contribution in [3.05, 3.63) is 24.1 Å². The average Bonchev–Trinajstić information content (AvgIpc) is 2.58. The van der Waals surface area contributed by atoms with Gasteiger partial charge in [-0.05, 0) is 24.6 Å². The van der Waals surface area contributed by atoms with Crippen LogP contribution in [0.2, 0.25) is 0 Å². The van der Waals surface area contributed by atoms with Gasteiger partial charge in [-0.1, -0.05) is 26.8 Å². The van der Waals surface area contributed by atoms with E-state index in [-0.39, 0.29) is 5.41 Å². The van der Waals surface area contributed by atoms with Gasteiger partial charge in [-0.25, -0.2) is 4.98 Å². The summed E-state index contributed by atoms with van der Waals surface area (Å²) in [5, 5.41) is 0. The van der Waals surface area contributed by atoms with E-state index in [0.29, 0.717) is 12.2 Å². The van der Waals surface area contributed by atoms with Crippen LogP contribution in [0.5, 0.6) is 0 Å². The number of rotatable bonds is 3. The fourth-order valence-corrected chi connectivity index (χ4v) is 2.18. The summed E-state index contributed by atoms with van der Waals surface area (Å²) in [5.41, 5.74) is 8.32. The first-order chi connectivity index (χ1) is 8.35. The summed E-state index contributed by atoms with van der Waals surface area (Å²) in [7, 11) is 2.07. The molecule has 2 N–H and O–H groups in total. The van der Waals surface area contributed by atoms with E-state index in [2.05, 4.69) is 37.7 Å². The summed E-state index contributed by atoms with van der Waals surface area (Å²) in [6.45, 7) is 8.33. The molecule has 18 heavy (non-hydrogen) atoms. The highest BCUT2D eigenvalue weighted by Crippen LogP contribution is 2.22. The van der Waals surface area contributed by atoms with Gasteiger partial charge in [-0.2, -0.15) is 0 Å². The quantitative estimate of drug-likeness (QED) is 0.847. The van der Waals surface area contributed by atoms with E-state index in [1.54, 1.807) is 0 Å². The second kappa shape index (κ2) is 4.61. The van der Waals surface area contributed by atoms with Gasteiger partial charge in [-0.3, -0.25) is 4.90 Å². The van der Waals surface area contributed by atoms with Crippen molar-refractivity contribution in [1.82, 2.24) is 9.88 Å². The molecule has 2 aromatic rings. The molecule has 0 spiro atoms. The standard InChI is InChI=1S/C14H21N3O/c1-14(2,3)9-17(4)8-12-16-13-10(15)6-5-7-11(13)18-12/h5-7H,8-9,15H2,1-4H3. The fourth-order valence-electron chi connectivity index (χ4n) is 2.18. The van der Waals surface area contributed by atoms with E-state index in [9.17, 15) is 0 Å². The van der Waals surface area contributed by atoms with E-state index >= 15 is 0 Å². The van der Waals surface area contributed by atoms with Gasteiger partial charge in [0.1, 0.15) is 5.52 Å². The molecule has 0 aliphatic heterocycles. The van der Waals surface area contributed by atoms with Crippen LogP contribution in [-0.2, 0) is 6.54 Å². The highest BCUT2D eigenvalue weighted by Gasteiger charge is 2.16. The SMILES string of the molecule is CN(Cc1nc2c(N)cccc2o1)CC(C)(C)C. The number of anilines is 1. The molecule has 4 nitrogen and oxygen atoms in total. The molecule has 1 heterocycles. The largest absolute Gasteiger partial charge is 0.439 e. The molecule has 0 atom stereocenters. The maximum atomic E-state index is 5.87. The number of nitrogen functional groups attached to an aromatic ring is 1. The van der Waals surface area contributed by atoms with Crippen LogP contribution in [0.25, 0.3) is 11.1 Å². The van der Waals surface area contributed by atoms with Gasteiger partial charge in [0.05, 0.1) is 12.2 Å². The van der Waals surface area contributed by atoms with Crippen LogP contribution in [-0.4, -0.2) is 23.5 Å². The number of benzene rings is 1. The van der Waals surface area contributed by atoms with Gasteiger partial charge in [0, 0.05) is 6.54 Å². The first kappa shape index (κ1) is 12.9. The van der Waals surface area contributed by atoms with Crippen molar-refractivity contribution < 1.29 is 4.42 Å². The normalized spacial score (nSPS) is 12.5. The second-order valence-corrected chi connectivity index (χ2v) is 6.03. The maximum Gasteiger partial charge on any atom is 0.209 e. The summed E-state index contributed by atoms with van der Waals surface area (Å²) in [6, 6.07) is 5.62. The van der Waals surface area contributed by atoms with Crippen molar-refractivity contribution in [3.63, 3.8) is 0 Å². The summed E-state index contributed by atoms with van der Waals surface area (Å²) in [4.78, 5) is 6.66. The van der Waals surface area contributed by atoms with Crippen molar-refractivity contribution in [2.24, 2.45) is 5.41 Å². The molecule has 0 aliphatic carbocycles. The minimum atomic E-state index is 0.264. The number of fused-ring (bicyclic) bond motifs is 1. The van der Waals surface area contributed by atoms with Crippen LogP contribution in [0.1, 0.15) is 26.7 Å². The molecule has 0 amide bonds. The van der Waals surface area contributed by atoms with Crippen molar-refractivity contribution in [3.8, 4) is 0 Å². The molecule has 4 heteroatoms. The van der Waals surface area contributed by atoms with Crippen LogP contribution in [0.4, 0.5) is 5.69 Å². The molecule has 0 unspecified atom stereocenters. The van der Waals surface area contributed by atoms with Gasteiger partial charge in [0.25, 0.3) is 0 Å². The Morgan fingerprint density at radius 3 is 2.67 bits per heavy atom. The number of hydrogen-bond donors (Lipinski definition) is 1. The molecule has 0 aliphatic rings. The zero-order chi connectivity index (χ0) is 13.3. The average molecular weight is 247 g/mol. The van der Waals surface area contributed by atoms with Crippen molar-refractivity contribution in [2.45, 2.75) is 27.3 Å². The lowest BCUT2D eigenvalue weighted by atomic mass is 9.96. The lowest BCUT2D eigenvalue weighted by molar-refractivity contribution is 0.206. The molecule has 0 radical (unpaired) electrons. The van der Waals surface area contributed by atoms with E-state index in [1.165, 1.54) is 0 Å². The summed E-state index contributed by atoms with van der Waals surface area (Å²) in [5.74, 6) is 0.717. The molecule has 1 aromatic heterocycles. The number of para-hydroxylation sites is 1. The Hall–Kier alpha value is -1.55. The summed E-state index contributed by atoms with van der Waals surface area (Å²) < 4.78 is 5.70. The number of hydrogen-bond acceptors (Lipinski definition) is 4. The molecule has 98 valence electrons. The van der Waals surface area contributed by atoms with E-state index < -0.39 is 0 Å². The molecular formula is C14H21N3O. The monoisotopic (exact) mass is 247 g/mol. The Labute approximate surface area is 108 Å². The van der Waals surface area contributed by atoms with Gasteiger partial charge in [-0.15, -0.1) is 0 Å². The molecule has 0 saturated heterocycles. The number of nitrogens with zero attached hydrogens (tertiary/aromatic N) is 2. The molecule has 0 bridgehead atoms. The number of nitrogens with two attached hydrogens (primary N) is 1. The topological polar surface area (TPSA) is 55.3 Å². The van der Waals surface area contributed by atoms with Crippen LogP contribution in [0.3, 0.4) is 0 Å². The fraction of sp³-hybridized carbons (Fsp3) is 0.500. The first-order valence-corrected chi connectivity index (χ1v) is 6.17. The molecule has 0 fully saturated rings. The third-order valence-electron chi connectivity index (χ3n) is 2.64. The molecular weight excluding hydrogens is 226 g/mol. The zero-order valence-corrected chi connectivity index (χ0v) is 11.5. The zero-order valence-electron chi connectivity index (χ0n) is 11.5. The lowest BCUT2D eigenvalue weighted by Gasteiger charge is -2.25. The minimum absolute atomic E-state index is 0.264. The van der Waals surface area contributed by atoms with Crippen LogP contribution >= 0.6 is 0 Å². The third kappa shape index (κ3) is 3.01. The van der Waals surface area contributed by atoms with Crippen molar-refractivity contribution in [2.75, 3.05) is 19.3 Å². The Balaban J connectivity index is 2.15. The van der Waals surface area contributed by atoms with Gasteiger partial charge in [0.15, 0.2) is 5.58 Å². The summed E-state index contributed by atoms with van der Waals surface area (Å²) in [6.07, 6.45) is 0. The van der Waals surface area contributed by atoms with E-state index in [0.717, 1.165) is 23.5 Å². The Bertz CT molecular complexity index is 539. The predicted molar refractivity (Wildman–Crippen MR) is 74.2 cm³/mol. The maximum absolute atomic E-state index is 5.87. The minimum Gasteiger partial charge on any atom is -0.439 e. The molecule has 1 aromatic carbocycles. The second-order valence-electron chi connectivity index (χ2n) is 6.03. The first-order valence-electron chi connectivity index (χ1n) is 6.17. The number of aromatic nitrogens is 1. The smallest absolute Gasteiger partial charge is 0.209 e. The molecule has 0 saturated carbocycles. The molecule has 2 rings (SSSR count). The highest BCUT2D eigenvalue weighted by molar-refractivity contribution is 5.85. The Morgan fingerprint density at radius 2 is 2.06 bits per heavy atom. The lowest BCUT2D eigenvalue weighted by Crippen LogP contribution is -2.28. The Morgan fingerprint density at radius 1 is 1.33 bits per heavy atom. The van der Waals surface area contributed by atoms with E-state index in [1.807, 2.05) is 18.2 Å².